The van der Waals surface area contributed by atoms with Crippen LogP contribution in [0.1, 0.15) is 10.6 Å². The molecular weight excluding hydrogens is 237 g/mol. The molecule has 1 heterocycles. The molecule has 0 spiro atoms. The fourth-order valence-electron chi connectivity index (χ4n) is 1.49. The summed E-state index contributed by atoms with van der Waals surface area (Å²) in [5.41, 5.74) is 0.692. The van der Waals surface area contributed by atoms with E-state index in [-0.39, 0.29) is 24.7 Å². The number of hydrogen-bond donors (Lipinski definition) is 2. The van der Waals surface area contributed by atoms with Crippen molar-refractivity contribution in [2.24, 2.45) is 0 Å². The zero-order chi connectivity index (χ0) is 13.0. The first kappa shape index (κ1) is 12.3. The van der Waals surface area contributed by atoms with E-state index in [1.165, 1.54) is 18.2 Å². The maximum atomic E-state index is 12.8. The highest BCUT2D eigenvalue weighted by Crippen LogP contribution is 2.22. The molecule has 0 aliphatic rings. The second-order valence-electron chi connectivity index (χ2n) is 3.65. The molecule has 1 amide bonds. The van der Waals surface area contributed by atoms with Gasteiger partial charge >= 0.3 is 0 Å². The van der Waals surface area contributed by atoms with Crippen LogP contribution in [0.15, 0.2) is 40.8 Å². The number of benzene rings is 1. The van der Waals surface area contributed by atoms with Gasteiger partial charge in [-0.25, -0.2) is 4.39 Å². The van der Waals surface area contributed by atoms with E-state index in [9.17, 15) is 9.18 Å². The molecule has 0 atom stereocenters. The minimum Gasteiger partial charge on any atom is -0.451 e. The van der Waals surface area contributed by atoms with Gasteiger partial charge in [-0.15, -0.1) is 0 Å². The van der Waals surface area contributed by atoms with Crippen molar-refractivity contribution in [3.05, 3.63) is 48.0 Å². The summed E-state index contributed by atoms with van der Waals surface area (Å²) in [7, 11) is 0. The molecule has 2 rings (SSSR count). The zero-order valence-corrected chi connectivity index (χ0v) is 9.52. The lowest BCUT2D eigenvalue weighted by molar-refractivity contribution is 0.0918. The molecule has 18 heavy (non-hydrogen) atoms. The van der Waals surface area contributed by atoms with E-state index < -0.39 is 5.91 Å². The molecule has 0 fully saturated rings. The molecule has 0 aliphatic carbocycles. The van der Waals surface area contributed by atoms with Crippen molar-refractivity contribution in [3.63, 3.8) is 0 Å². The summed E-state index contributed by atoms with van der Waals surface area (Å²) in [5.74, 6) is -0.0736. The normalized spacial score (nSPS) is 10.3. The summed E-state index contributed by atoms with van der Waals surface area (Å²) in [6.45, 7) is 0.0443. The van der Waals surface area contributed by atoms with E-state index in [0.717, 1.165) is 0 Å². The Kier molecular flexibility index (Phi) is 3.74. The molecule has 1 aromatic heterocycles. The van der Waals surface area contributed by atoms with Crippen molar-refractivity contribution >= 4 is 5.91 Å². The lowest BCUT2D eigenvalue weighted by Crippen LogP contribution is -2.25. The molecule has 0 saturated carbocycles. The van der Waals surface area contributed by atoms with Crippen LogP contribution < -0.4 is 5.32 Å². The Hall–Kier alpha value is -2.14. The third kappa shape index (κ3) is 2.75. The minimum absolute atomic E-state index is 0.128. The Labute approximate surface area is 103 Å². The number of halogens is 1. The first-order valence-corrected chi connectivity index (χ1v) is 5.45. The Morgan fingerprint density at radius 3 is 2.61 bits per heavy atom. The van der Waals surface area contributed by atoms with Gasteiger partial charge in [-0.1, -0.05) is 0 Å². The second-order valence-corrected chi connectivity index (χ2v) is 3.65. The van der Waals surface area contributed by atoms with E-state index in [2.05, 4.69) is 5.32 Å². The summed E-state index contributed by atoms with van der Waals surface area (Å²) in [6.07, 6.45) is 0. The molecule has 2 aromatic rings. The van der Waals surface area contributed by atoms with Crippen LogP contribution in [0.4, 0.5) is 4.39 Å². The van der Waals surface area contributed by atoms with Gasteiger partial charge in [0.1, 0.15) is 11.6 Å². The minimum atomic E-state index is -0.391. The predicted octanol–water partition coefficient (Wildman–Crippen LogP) is 1.81. The summed E-state index contributed by atoms with van der Waals surface area (Å²) in [4.78, 5) is 11.5. The van der Waals surface area contributed by atoms with Crippen LogP contribution >= 0.6 is 0 Å². The van der Waals surface area contributed by atoms with Crippen LogP contribution in [0.2, 0.25) is 0 Å². The molecule has 4 nitrogen and oxygen atoms in total. The summed E-state index contributed by atoms with van der Waals surface area (Å²) in [5, 5.41) is 11.1. The van der Waals surface area contributed by atoms with Gasteiger partial charge in [-0.05, 0) is 36.4 Å². The third-order valence-corrected chi connectivity index (χ3v) is 2.36. The fraction of sp³-hybridized carbons (Fsp3) is 0.154. The van der Waals surface area contributed by atoms with Gasteiger partial charge in [-0.2, -0.15) is 0 Å². The van der Waals surface area contributed by atoms with E-state index in [4.69, 9.17) is 9.52 Å². The summed E-state index contributed by atoms with van der Waals surface area (Å²) >= 11 is 0. The van der Waals surface area contributed by atoms with Crippen molar-refractivity contribution in [2.75, 3.05) is 13.2 Å². The first-order chi connectivity index (χ1) is 8.70. The average molecular weight is 249 g/mol. The molecule has 94 valence electrons. The molecule has 5 heteroatoms. The molecule has 0 unspecified atom stereocenters. The molecule has 0 aliphatic heterocycles. The van der Waals surface area contributed by atoms with Crippen molar-refractivity contribution < 1.29 is 18.7 Å². The molecule has 2 N–H and O–H groups in total. The van der Waals surface area contributed by atoms with Gasteiger partial charge in [0.25, 0.3) is 5.91 Å². The molecule has 0 saturated heterocycles. The monoisotopic (exact) mass is 249 g/mol. The Bertz CT molecular complexity index is 533. The highest BCUT2D eigenvalue weighted by atomic mass is 19.1. The topological polar surface area (TPSA) is 62.5 Å². The molecule has 1 aromatic carbocycles. The van der Waals surface area contributed by atoms with Crippen molar-refractivity contribution in [2.45, 2.75) is 0 Å². The number of amides is 1. The maximum Gasteiger partial charge on any atom is 0.287 e. The highest BCUT2D eigenvalue weighted by molar-refractivity contribution is 5.92. The number of nitrogens with one attached hydrogen (secondary N) is 1. The predicted molar refractivity (Wildman–Crippen MR) is 63.5 cm³/mol. The van der Waals surface area contributed by atoms with Crippen LogP contribution in [0, 0.1) is 5.82 Å². The van der Waals surface area contributed by atoms with Crippen molar-refractivity contribution in [1.82, 2.24) is 5.32 Å². The average Bonchev–Trinajstić information content (AvgIpc) is 2.86. The van der Waals surface area contributed by atoms with Gasteiger partial charge < -0.3 is 14.8 Å². The number of rotatable bonds is 4. The van der Waals surface area contributed by atoms with Gasteiger partial charge in [0, 0.05) is 12.1 Å². The Morgan fingerprint density at radius 2 is 1.94 bits per heavy atom. The number of carbonyl (C=O) groups excluding carboxylic acids is 1. The SMILES string of the molecule is O=C(NCCO)c1ccc(-c2ccc(F)cc2)o1. The summed E-state index contributed by atoms with van der Waals surface area (Å²) in [6, 6.07) is 8.96. The van der Waals surface area contributed by atoms with Gasteiger partial charge in [0.05, 0.1) is 6.61 Å². The maximum absolute atomic E-state index is 12.8. The second kappa shape index (κ2) is 5.46. The molecule has 0 radical (unpaired) electrons. The summed E-state index contributed by atoms with van der Waals surface area (Å²) < 4.78 is 18.1. The largest absolute Gasteiger partial charge is 0.451 e. The smallest absolute Gasteiger partial charge is 0.287 e. The standard InChI is InChI=1S/C13H12FNO3/c14-10-3-1-9(2-4-10)11-5-6-12(18-11)13(17)15-7-8-16/h1-6,16H,7-8H2,(H,15,17). The van der Waals surface area contributed by atoms with Crippen LogP contribution in [0.25, 0.3) is 11.3 Å². The molecular formula is C13H12FNO3. The number of hydrogen-bond acceptors (Lipinski definition) is 3. The van der Waals surface area contributed by atoms with Crippen LogP contribution in [0.3, 0.4) is 0 Å². The number of aliphatic hydroxyl groups is 1. The number of aliphatic hydroxyl groups excluding tert-OH is 1. The first-order valence-electron chi connectivity index (χ1n) is 5.45. The Balaban J connectivity index is 2.15. The van der Waals surface area contributed by atoms with E-state index in [1.54, 1.807) is 18.2 Å². The van der Waals surface area contributed by atoms with Crippen LogP contribution in [0.5, 0.6) is 0 Å². The van der Waals surface area contributed by atoms with Crippen molar-refractivity contribution in [3.8, 4) is 11.3 Å². The van der Waals surface area contributed by atoms with Crippen LogP contribution in [-0.4, -0.2) is 24.2 Å². The van der Waals surface area contributed by atoms with Gasteiger partial charge in [0.2, 0.25) is 0 Å². The van der Waals surface area contributed by atoms with Crippen molar-refractivity contribution in [1.29, 1.82) is 0 Å². The number of furan rings is 1. The molecule has 0 bridgehead atoms. The lowest BCUT2D eigenvalue weighted by atomic mass is 10.2. The van der Waals surface area contributed by atoms with E-state index in [0.29, 0.717) is 11.3 Å². The lowest BCUT2D eigenvalue weighted by Gasteiger charge is -1.99. The fourth-order valence-corrected chi connectivity index (χ4v) is 1.49. The quantitative estimate of drug-likeness (QED) is 0.868. The third-order valence-electron chi connectivity index (χ3n) is 2.36. The van der Waals surface area contributed by atoms with Gasteiger partial charge in [-0.3, -0.25) is 4.79 Å². The highest BCUT2D eigenvalue weighted by Gasteiger charge is 2.11. The van der Waals surface area contributed by atoms with E-state index in [1.807, 2.05) is 0 Å². The zero-order valence-electron chi connectivity index (χ0n) is 9.52. The van der Waals surface area contributed by atoms with Gasteiger partial charge in [0.15, 0.2) is 5.76 Å². The number of carbonyl (C=O) groups is 1. The van der Waals surface area contributed by atoms with E-state index >= 15 is 0 Å². The van der Waals surface area contributed by atoms with Crippen LogP contribution in [-0.2, 0) is 0 Å². The Morgan fingerprint density at radius 1 is 1.22 bits per heavy atom.